The SMILES string of the molecule is CCC(ON1CCCCC1Cc1ccc(C)cc1)c1ccc(OC)c(OC)c1. The number of ether oxygens (including phenoxy) is 2. The largest absolute Gasteiger partial charge is 0.493 e. The Bertz CT molecular complexity index is 744. The summed E-state index contributed by atoms with van der Waals surface area (Å²) in [6.07, 6.45) is 5.58. The normalized spacial score (nSPS) is 18.6. The maximum absolute atomic E-state index is 6.55. The van der Waals surface area contributed by atoms with Crippen molar-refractivity contribution in [3.63, 3.8) is 0 Å². The molecule has 152 valence electrons. The Hall–Kier alpha value is -2.04. The summed E-state index contributed by atoms with van der Waals surface area (Å²) in [5, 5.41) is 2.23. The first kappa shape index (κ1) is 20.7. The Morgan fingerprint density at radius 3 is 2.43 bits per heavy atom. The van der Waals surface area contributed by atoms with E-state index in [0.717, 1.165) is 36.4 Å². The molecule has 2 aromatic rings. The Morgan fingerprint density at radius 1 is 1.00 bits per heavy atom. The van der Waals surface area contributed by atoms with E-state index in [4.69, 9.17) is 14.3 Å². The molecule has 2 unspecified atom stereocenters. The van der Waals surface area contributed by atoms with Crippen LogP contribution in [0, 0.1) is 6.92 Å². The van der Waals surface area contributed by atoms with Gasteiger partial charge in [0.05, 0.1) is 14.2 Å². The van der Waals surface area contributed by atoms with Gasteiger partial charge in [0.25, 0.3) is 0 Å². The molecule has 4 heteroatoms. The van der Waals surface area contributed by atoms with E-state index in [9.17, 15) is 0 Å². The maximum Gasteiger partial charge on any atom is 0.161 e. The Balaban J connectivity index is 1.73. The van der Waals surface area contributed by atoms with E-state index >= 15 is 0 Å². The van der Waals surface area contributed by atoms with Crippen molar-refractivity contribution in [3.8, 4) is 11.5 Å². The second-order valence-electron chi connectivity index (χ2n) is 7.60. The molecule has 0 spiro atoms. The Morgan fingerprint density at radius 2 is 1.75 bits per heavy atom. The van der Waals surface area contributed by atoms with Crippen molar-refractivity contribution in [3.05, 3.63) is 59.2 Å². The predicted molar refractivity (Wildman–Crippen MR) is 113 cm³/mol. The van der Waals surface area contributed by atoms with Crippen molar-refractivity contribution in [2.75, 3.05) is 20.8 Å². The lowest BCUT2D eigenvalue weighted by Crippen LogP contribution is -2.41. The van der Waals surface area contributed by atoms with Crippen molar-refractivity contribution in [1.29, 1.82) is 0 Å². The van der Waals surface area contributed by atoms with Gasteiger partial charge < -0.3 is 9.47 Å². The van der Waals surface area contributed by atoms with Gasteiger partial charge in [-0.05, 0) is 55.9 Å². The molecule has 0 bridgehead atoms. The van der Waals surface area contributed by atoms with Crippen LogP contribution in [-0.2, 0) is 11.3 Å². The van der Waals surface area contributed by atoms with E-state index in [1.165, 1.54) is 30.4 Å². The fourth-order valence-electron chi connectivity index (χ4n) is 3.90. The zero-order valence-electron chi connectivity index (χ0n) is 17.6. The van der Waals surface area contributed by atoms with Crippen LogP contribution < -0.4 is 9.47 Å². The summed E-state index contributed by atoms with van der Waals surface area (Å²) in [6.45, 7) is 5.29. The van der Waals surface area contributed by atoms with Gasteiger partial charge in [-0.15, -0.1) is 0 Å². The molecule has 1 fully saturated rings. The summed E-state index contributed by atoms with van der Waals surface area (Å²) in [5.74, 6) is 1.49. The van der Waals surface area contributed by atoms with Crippen LogP contribution in [0.4, 0.5) is 0 Å². The molecule has 1 heterocycles. The van der Waals surface area contributed by atoms with Gasteiger partial charge >= 0.3 is 0 Å². The minimum atomic E-state index is 0.0124. The average molecular weight is 384 g/mol. The molecule has 1 aliphatic rings. The lowest BCUT2D eigenvalue weighted by atomic mass is 9.97. The number of benzene rings is 2. The van der Waals surface area contributed by atoms with Crippen molar-refractivity contribution in [1.82, 2.24) is 5.06 Å². The third-order valence-corrected chi connectivity index (χ3v) is 5.58. The molecule has 0 radical (unpaired) electrons. The number of hydrogen-bond donors (Lipinski definition) is 0. The first-order chi connectivity index (χ1) is 13.6. The maximum atomic E-state index is 6.55. The molecule has 4 nitrogen and oxygen atoms in total. The summed E-state index contributed by atoms with van der Waals surface area (Å²) in [7, 11) is 3.33. The number of nitrogens with zero attached hydrogens (tertiary/aromatic N) is 1. The number of methoxy groups -OCH3 is 2. The van der Waals surface area contributed by atoms with E-state index in [2.05, 4.69) is 49.2 Å². The van der Waals surface area contributed by atoms with Crippen molar-refractivity contribution < 1.29 is 14.3 Å². The quantitative estimate of drug-likeness (QED) is 0.603. The van der Waals surface area contributed by atoms with Gasteiger partial charge in [0.1, 0.15) is 6.10 Å². The highest BCUT2D eigenvalue weighted by atomic mass is 16.7. The van der Waals surface area contributed by atoms with Crippen LogP contribution in [0.1, 0.15) is 55.4 Å². The number of hydroxylamine groups is 2. The predicted octanol–water partition coefficient (Wildman–Crippen LogP) is 5.49. The number of rotatable bonds is 8. The first-order valence-electron chi connectivity index (χ1n) is 10.4. The van der Waals surface area contributed by atoms with Crippen LogP contribution in [0.2, 0.25) is 0 Å². The van der Waals surface area contributed by atoms with Crippen molar-refractivity contribution >= 4 is 0 Å². The molecular weight excluding hydrogens is 350 g/mol. The highest BCUT2D eigenvalue weighted by Gasteiger charge is 2.27. The van der Waals surface area contributed by atoms with Crippen molar-refractivity contribution in [2.24, 2.45) is 0 Å². The fourth-order valence-corrected chi connectivity index (χ4v) is 3.90. The first-order valence-corrected chi connectivity index (χ1v) is 10.4. The van der Waals surface area contributed by atoms with Gasteiger partial charge in [0.15, 0.2) is 11.5 Å². The third-order valence-electron chi connectivity index (χ3n) is 5.58. The van der Waals surface area contributed by atoms with Gasteiger partial charge in [0.2, 0.25) is 0 Å². The van der Waals surface area contributed by atoms with E-state index in [1.54, 1.807) is 14.2 Å². The minimum Gasteiger partial charge on any atom is -0.493 e. The van der Waals surface area contributed by atoms with Crippen LogP contribution in [0.25, 0.3) is 0 Å². The molecular formula is C24H33NO3. The molecule has 0 N–H and O–H groups in total. The van der Waals surface area contributed by atoms with E-state index < -0.39 is 0 Å². The van der Waals surface area contributed by atoms with Crippen molar-refractivity contribution in [2.45, 2.75) is 58.1 Å². The molecule has 2 atom stereocenters. The van der Waals surface area contributed by atoms with Crippen LogP contribution >= 0.6 is 0 Å². The van der Waals surface area contributed by atoms with Gasteiger partial charge in [-0.2, -0.15) is 5.06 Å². The van der Waals surface area contributed by atoms with Gasteiger partial charge in [-0.3, -0.25) is 4.84 Å². The molecule has 2 aromatic carbocycles. The second kappa shape index (κ2) is 9.94. The molecule has 1 saturated heterocycles. The molecule has 0 saturated carbocycles. The molecule has 0 amide bonds. The van der Waals surface area contributed by atoms with E-state index in [-0.39, 0.29) is 6.10 Å². The number of aryl methyl sites for hydroxylation is 1. The number of piperidine rings is 1. The summed E-state index contributed by atoms with van der Waals surface area (Å²) in [4.78, 5) is 6.55. The standard InChI is InChI=1S/C24H33NO3/c1-5-22(20-13-14-23(26-3)24(17-20)27-4)28-25-15-7-6-8-21(25)16-19-11-9-18(2)10-12-19/h9-14,17,21-22H,5-8,15-16H2,1-4H3. The summed E-state index contributed by atoms with van der Waals surface area (Å²) in [6, 6.07) is 15.4. The zero-order valence-corrected chi connectivity index (χ0v) is 17.6. The van der Waals surface area contributed by atoms with Crippen LogP contribution in [0.5, 0.6) is 11.5 Å². The Kier molecular flexibility index (Phi) is 7.35. The molecule has 0 aromatic heterocycles. The average Bonchev–Trinajstić information content (AvgIpc) is 2.74. The monoisotopic (exact) mass is 383 g/mol. The van der Waals surface area contributed by atoms with Gasteiger partial charge in [-0.25, -0.2) is 0 Å². The highest BCUT2D eigenvalue weighted by Crippen LogP contribution is 2.34. The summed E-state index contributed by atoms with van der Waals surface area (Å²) >= 11 is 0. The third kappa shape index (κ3) is 5.06. The minimum absolute atomic E-state index is 0.0124. The van der Waals surface area contributed by atoms with Gasteiger partial charge in [0, 0.05) is 12.6 Å². The topological polar surface area (TPSA) is 30.9 Å². The molecule has 1 aliphatic heterocycles. The molecule has 0 aliphatic carbocycles. The summed E-state index contributed by atoms with van der Waals surface area (Å²) in [5.41, 5.74) is 3.81. The highest BCUT2D eigenvalue weighted by molar-refractivity contribution is 5.43. The van der Waals surface area contributed by atoms with Crippen LogP contribution in [0.3, 0.4) is 0 Å². The smallest absolute Gasteiger partial charge is 0.161 e. The van der Waals surface area contributed by atoms with E-state index in [0.29, 0.717) is 6.04 Å². The number of hydrogen-bond acceptors (Lipinski definition) is 4. The second-order valence-corrected chi connectivity index (χ2v) is 7.60. The molecule has 28 heavy (non-hydrogen) atoms. The van der Waals surface area contributed by atoms with E-state index in [1.807, 2.05) is 12.1 Å². The van der Waals surface area contributed by atoms with Gasteiger partial charge in [-0.1, -0.05) is 49.2 Å². The molecule has 3 rings (SSSR count). The lowest BCUT2D eigenvalue weighted by molar-refractivity contribution is -0.234. The van der Waals surface area contributed by atoms with Crippen LogP contribution in [0.15, 0.2) is 42.5 Å². The summed E-state index contributed by atoms with van der Waals surface area (Å²) < 4.78 is 10.8. The Labute approximate surface area is 169 Å². The van der Waals surface area contributed by atoms with Crippen LogP contribution in [-0.4, -0.2) is 31.9 Å². The lowest BCUT2D eigenvalue weighted by Gasteiger charge is -2.37. The fraction of sp³-hybridized carbons (Fsp3) is 0.500. The zero-order chi connectivity index (χ0) is 19.9.